The van der Waals surface area contributed by atoms with E-state index >= 15 is 0 Å². The molecule has 262 valence electrons. The summed E-state index contributed by atoms with van der Waals surface area (Å²) in [7, 11) is 0. The lowest BCUT2D eigenvalue weighted by atomic mass is 9.71. The maximum absolute atomic E-state index is 2.50. The van der Waals surface area contributed by atoms with Crippen LogP contribution in [0.15, 0.2) is 108 Å². The summed E-state index contributed by atoms with van der Waals surface area (Å²) in [6.45, 7) is 27.9. The van der Waals surface area contributed by atoms with E-state index in [0.717, 1.165) is 12.8 Å². The molecule has 50 heavy (non-hydrogen) atoms. The van der Waals surface area contributed by atoms with Crippen LogP contribution in [0.5, 0.6) is 0 Å². The van der Waals surface area contributed by atoms with Crippen LogP contribution in [0.2, 0.25) is 0 Å². The summed E-state index contributed by atoms with van der Waals surface area (Å²) >= 11 is 3.91. The van der Waals surface area contributed by atoms with Crippen molar-refractivity contribution in [2.24, 2.45) is 22.7 Å². The Labute approximate surface area is 311 Å². The molecule has 2 heterocycles. The maximum Gasteiger partial charge on any atom is 0.0449 e. The zero-order valence-electron chi connectivity index (χ0n) is 32.6. The Hall–Kier alpha value is -3.20. The van der Waals surface area contributed by atoms with Gasteiger partial charge >= 0.3 is 0 Å². The lowest BCUT2D eigenvalue weighted by Gasteiger charge is -2.34. The smallest absolute Gasteiger partial charge is 0.0449 e. The Kier molecular flexibility index (Phi) is 9.81. The summed E-state index contributed by atoms with van der Waals surface area (Å²) in [4.78, 5) is 5.47. The first-order valence-corrected chi connectivity index (χ1v) is 20.2. The van der Waals surface area contributed by atoms with Crippen LogP contribution in [-0.4, -0.2) is 0 Å². The van der Waals surface area contributed by atoms with Crippen molar-refractivity contribution in [3.8, 4) is 31.3 Å². The van der Waals surface area contributed by atoms with Gasteiger partial charge in [-0.25, -0.2) is 0 Å². The summed E-state index contributed by atoms with van der Waals surface area (Å²) in [5.41, 5.74) is 11.8. The molecule has 0 amide bonds. The zero-order chi connectivity index (χ0) is 36.2. The van der Waals surface area contributed by atoms with Gasteiger partial charge in [-0.1, -0.05) is 150 Å². The molecule has 6 rings (SSSR count). The topological polar surface area (TPSA) is 0 Å². The molecule has 2 atom stereocenters. The van der Waals surface area contributed by atoms with Gasteiger partial charge in [0.1, 0.15) is 0 Å². The van der Waals surface area contributed by atoms with E-state index in [1.54, 1.807) is 5.57 Å². The molecule has 2 heteroatoms. The van der Waals surface area contributed by atoms with Crippen molar-refractivity contribution in [1.82, 2.24) is 0 Å². The fourth-order valence-electron chi connectivity index (χ4n) is 7.18. The van der Waals surface area contributed by atoms with Gasteiger partial charge in [-0.05, 0) is 115 Å². The highest BCUT2D eigenvalue weighted by atomic mass is 32.1. The summed E-state index contributed by atoms with van der Waals surface area (Å²) in [6.07, 6.45) is 14.5. The highest BCUT2D eigenvalue weighted by molar-refractivity contribution is 7.24. The fraction of sp³-hybridized carbons (Fsp3) is 0.417. The standard InChI is InChI=1S/C48H58S2/c1-45(2,3)33-17-13-31(14-18-33)37-23-21-35(47(7,8)9)29-39(37)41-25-27-43(49-41)44-28-26-42(50-44)40-30-36(48(10,11)12)22-24-38(40)32-15-19-34(20-16-32)46(4,5)6/h13-15,17-29,32,36H,16,30H2,1-12H3. The summed E-state index contributed by atoms with van der Waals surface area (Å²) in [5.74, 6) is 0.956. The van der Waals surface area contributed by atoms with Crippen LogP contribution in [0.25, 0.3) is 36.9 Å². The molecular formula is C48H58S2. The largest absolute Gasteiger partial charge is 0.135 e. The SMILES string of the molecule is CC(C)(C)C1=CCC(C2=C(c3ccc(-c4ccc(-c5cc(C(C)(C)C)ccc5-c5ccc(C(C)(C)C)cc5)s4)s3)CC(C(C)(C)C)C=C2)C=C1. The van der Waals surface area contributed by atoms with Gasteiger partial charge in [-0.3, -0.25) is 0 Å². The number of allylic oxidation sites excluding steroid dienone is 8. The van der Waals surface area contributed by atoms with Gasteiger partial charge in [0.25, 0.3) is 0 Å². The Balaban J connectivity index is 1.36. The quantitative estimate of drug-likeness (QED) is 0.195. The van der Waals surface area contributed by atoms with Crippen molar-refractivity contribution in [1.29, 1.82) is 0 Å². The zero-order valence-corrected chi connectivity index (χ0v) is 34.3. The van der Waals surface area contributed by atoms with E-state index in [1.807, 2.05) is 22.7 Å². The van der Waals surface area contributed by atoms with E-state index in [-0.39, 0.29) is 21.7 Å². The van der Waals surface area contributed by atoms with Gasteiger partial charge in [-0.2, -0.15) is 0 Å². The lowest BCUT2D eigenvalue weighted by molar-refractivity contribution is 0.295. The minimum Gasteiger partial charge on any atom is -0.135 e. The second-order valence-corrected chi connectivity index (χ2v) is 20.9. The monoisotopic (exact) mass is 698 g/mol. The average molecular weight is 699 g/mol. The van der Waals surface area contributed by atoms with Crippen molar-refractivity contribution in [2.75, 3.05) is 0 Å². The molecule has 0 aliphatic heterocycles. The molecule has 0 spiro atoms. The average Bonchev–Trinajstić information content (AvgIpc) is 3.73. The van der Waals surface area contributed by atoms with Crippen LogP contribution in [0, 0.1) is 22.7 Å². The van der Waals surface area contributed by atoms with Crippen LogP contribution < -0.4 is 0 Å². The van der Waals surface area contributed by atoms with Gasteiger partial charge in [0.05, 0.1) is 0 Å². The summed E-state index contributed by atoms with van der Waals surface area (Å²) < 4.78 is 0. The Morgan fingerprint density at radius 2 is 1.12 bits per heavy atom. The molecule has 0 saturated carbocycles. The number of benzene rings is 2. The van der Waals surface area contributed by atoms with Crippen LogP contribution in [-0.2, 0) is 10.8 Å². The van der Waals surface area contributed by atoms with Gasteiger partial charge in [-0.15, -0.1) is 22.7 Å². The third-order valence-corrected chi connectivity index (χ3v) is 13.2. The molecule has 0 bridgehead atoms. The first-order chi connectivity index (χ1) is 23.3. The predicted octanol–water partition coefficient (Wildman–Crippen LogP) is 15.3. The minimum atomic E-state index is 0.0779. The summed E-state index contributed by atoms with van der Waals surface area (Å²) in [5, 5.41) is 0. The van der Waals surface area contributed by atoms with Crippen molar-refractivity contribution in [3.05, 3.63) is 124 Å². The molecule has 2 unspecified atom stereocenters. The van der Waals surface area contributed by atoms with Gasteiger partial charge < -0.3 is 0 Å². The third kappa shape index (κ3) is 7.83. The van der Waals surface area contributed by atoms with Crippen molar-refractivity contribution >= 4 is 28.2 Å². The van der Waals surface area contributed by atoms with Crippen molar-refractivity contribution in [2.45, 2.75) is 107 Å². The molecule has 0 saturated heterocycles. The predicted molar refractivity (Wildman–Crippen MR) is 224 cm³/mol. The number of thiophene rings is 2. The second kappa shape index (κ2) is 13.4. The normalized spacial score (nSPS) is 18.9. The minimum absolute atomic E-state index is 0.0779. The number of rotatable bonds is 5. The van der Waals surface area contributed by atoms with E-state index in [0.29, 0.717) is 11.8 Å². The molecule has 2 aliphatic rings. The number of hydrogen-bond acceptors (Lipinski definition) is 2. The lowest BCUT2D eigenvalue weighted by Crippen LogP contribution is -2.22. The molecule has 2 aromatic carbocycles. The van der Waals surface area contributed by atoms with E-state index < -0.39 is 0 Å². The second-order valence-electron chi connectivity index (χ2n) is 18.7. The fourth-order valence-corrected chi connectivity index (χ4v) is 9.39. The highest BCUT2D eigenvalue weighted by Gasteiger charge is 2.31. The number of hydrogen-bond donors (Lipinski definition) is 0. The molecular weight excluding hydrogens is 641 g/mol. The molecule has 2 aliphatic carbocycles. The van der Waals surface area contributed by atoms with Gasteiger partial charge in [0, 0.05) is 25.4 Å². The highest BCUT2D eigenvalue weighted by Crippen LogP contribution is 2.48. The van der Waals surface area contributed by atoms with Crippen LogP contribution in [0.4, 0.5) is 0 Å². The van der Waals surface area contributed by atoms with E-state index in [2.05, 4.69) is 180 Å². The van der Waals surface area contributed by atoms with Crippen LogP contribution in [0.3, 0.4) is 0 Å². The maximum atomic E-state index is 2.50. The Morgan fingerprint density at radius 3 is 1.68 bits per heavy atom. The van der Waals surface area contributed by atoms with Crippen molar-refractivity contribution < 1.29 is 0 Å². The van der Waals surface area contributed by atoms with Crippen LogP contribution >= 0.6 is 22.7 Å². The molecule has 0 N–H and O–H groups in total. The summed E-state index contributed by atoms with van der Waals surface area (Å²) in [6, 6.07) is 25.8. The van der Waals surface area contributed by atoms with E-state index in [1.165, 1.54) is 58.5 Å². The van der Waals surface area contributed by atoms with E-state index in [9.17, 15) is 0 Å². The van der Waals surface area contributed by atoms with E-state index in [4.69, 9.17) is 0 Å². The Morgan fingerprint density at radius 1 is 0.540 bits per heavy atom. The third-order valence-electron chi connectivity index (χ3n) is 10.7. The Bertz CT molecular complexity index is 1970. The molecule has 2 aromatic heterocycles. The van der Waals surface area contributed by atoms with Crippen LogP contribution in [0.1, 0.15) is 112 Å². The molecule has 0 radical (unpaired) electrons. The first-order valence-electron chi connectivity index (χ1n) is 18.6. The van der Waals surface area contributed by atoms with Gasteiger partial charge in [0.15, 0.2) is 0 Å². The van der Waals surface area contributed by atoms with Crippen molar-refractivity contribution in [3.63, 3.8) is 0 Å². The molecule has 0 nitrogen and oxygen atoms in total. The first kappa shape index (κ1) is 36.6. The molecule has 0 fully saturated rings. The van der Waals surface area contributed by atoms with Gasteiger partial charge in [0.2, 0.25) is 0 Å². The molecule has 4 aromatic rings.